The van der Waals surface area contributed by atoms with Gasteiger partial charge in [-0.15, -0.1) is 0 Å². The van der Waals surface area contributed by atoms with Crippen LogP contribution in [-0.4, -0.2) is 72.8 Å². The lowest BCUT2D eigenvalue weighted by Crippen LogP contribution is -2.95. The minimum atomic E-state index is -1.26. The monoisotopic (exact) mass is 909 g/mol. The van der Waals surface area contributed by atoms with Gasteiger partial charge in [0.25, 0.3) is 0 Å². The van der Waals surface area contributed by atoms with Crippen molar-refractivity contribution in [3.05, 3.63) is 182 Å². The predicted octanol–water partition coefficient (Wildman–Crippen LogP) is 6.66. The second kappa shape index (κ2) is 22.6. The number of hydrogen-bond donors (Lipinski definition) is 2. The number of rotatable bonds is 6. The Balaban J connectivity index is 0.000000207. The number of nitrogens with zero attached hydrogens (tertiary/aromatic N) is 7. The number of quaternary nitrogens is 1. The zero-order valence-electron chi connectivity index (χ0n) is 37.7. The standard InChI is InChI=1S/C25H26N4O3.C25H28N4O2.C2H6.2CH4/c30-22(17-18-7-15-29(32)16-8-18)28-13-9-21(10-14-28)25(31)23-19(3-1-11-26-23)5-6-20-4-2-12-27-24(20)25;1-17-13-21-5-4-20-3-2-9-26-24(20)23(25(21)27-15-17)19-7-10-28(11-8-19)22(30)14-18-6-12-29(31)16-18;1-2;;/h1-4,7-8,11-12,15-16,21,31H,5-6,9-10,13-14,17H2;2-3,6,9,12-13,15-16,19,23,29H,4-5,7-8,10-11,14H2,1H3;1-2H3;2*1H4. The number of aliphatic hydroxyl groups is 1. The van der Waals surface area contributed by atoms with E-state index in [1.54, 1.807) is 36.8 Å². The molecule has 67 heavy (non-hydrogen) atoms. The third kappa shape index (κ3) is 11.0. The number of carbonyl (C=O) groups is 2. The van der Waals surface area contributed by atoms with Gasteiger partial charge in [0.2, 0.25) is 11.8 Å². The molecule has 2 atom stereocenters. The summed E-state index contributed by atoms with van der Waals surface area (Å²) in [4.78, 5) is 48.3. The lowest BCUT2D eigenvalue weighted by atomic mass is 9.74. The predicted molar refractivity (Wildman–Crippen MR) is 260 cm³/mol. The molecule has 13 heteroatoms. The molecular formula is C54H68N8O5. The van der Waals surface area contributed by atoms with E-state index in [0.29, 0.717) is 54.4 Å². The molecule has 2 unspecified atom stereocenters. The van der Waals surface area contributed by atoms with E-state index in [9.17, 15) is 25.1 Å². The molecular weight excluding hydrogens is 841 g/mol. The van der Waals surface area contributed by atoms with Gasteiger partial charge in [-0.1, -0.05) is 53.0 Å². The Morgan fingerprint density at radius 2 is 1.27 bits per heavy atom. The number of nitrogens with one attached hydrogen (secondary N) is 1. The average molecular weight is 909 g/mol. The van der Waals surface area contributed by atoms with E-state index in [1.807, 2.05) is 66.4 Å². The molecule has 5 aromatic rings. The third-order valence-electron chi connectivity index (χ3n) is 13.7. The number of pyridine rings is 5. The fourth-order valence-electron chi connectivity index (χ4n) is 10.4. The lowest BCUT2D eigenvalue weighted by molar-refractivity contribution is -0.727. The quantitative estimate of drug-likeness (QED) is 0.140. The van der Waals surface area contributed by atoms with E-state index < -0.39 is 5.60 Å². The van der Waals surface area contributed by atoms with Gasteiger partial charge in [0, 0.05) is 86.6 Å². The highest BCUT2D eigenvalue weighted by Gasteiger charge is 2.47. The van der Waals surface area contributed by atoms with Crippen LogP contribution < -0.4 is 9.79 Å². The van der Waals surface area contributed by atoms with Crippen molar-refractivity contribution in [3.63, 3.8) is 0 Å². The molecule has 13 nitrogen and oxygen atoms in total. The molecule has 10 rings (SSSR count). The maximum Gasteiger partial charge on any atom is 0.227 e. The van der Waals surface area contributed by atoms with Crippen LogP contribution in [0, 0.1) is 29.2 Å². The normalized spacial score (nSPS) is 19.3. The Hall–Kier alpha value is -6.15. The first-order valence-electron chi connectivity index (χ1n) is 23.3. The van der Waals surface area contributed by atoms with E-state index in [0.717, 1.165) is 73.9 Å². The minimum absolute atomic E-state index is 0. The molecule has 0 aromatic carbocycles. The van der Waals surface area contributed by atoms with Crippen LogP contribution in [0.15, 0.2) is 116 Å². The molecule has 2 fully saturated rings. The van der Waals surface area contributed by atoms with Gasteiger partial charge in [0.1, 0.15) is 6.20 Å². The molecule has 354 valence electrons. The van der Waals surface area contributed by atoms with Gasteiger partial charge in [0.15, 0.2) is 18.0 Å². The van der Waals surface area contributed by atoms with Gasteiger partial charge < -0.3 is 30.4 Å². The van der Waals surface area contributed by atoms with Crippen molar-refractivity contribution in [2.24, 2.45) is 11.8 Å². The van der Waals surface area contributed by atoms with Crippen LogP contribution in [0.1, 0.15) is 123 Å². The number of likely N-dealkylation sites (tertiary alicyclic amines) is 2. The van der Waals surface area contributed by atoms with Crippen LogP contribution in [0.3, 0.4) is 0 Å². The molecule has 2 N–H and O–H groups in total. The zero-order valence-corrected chi connectivity index (χ0v) is 37.7. The topological polar surface area (TPSA) is 167 Å². The van der Waals surface area contributed by atoms with Crippen LogP contribution in [0.2, 0.25) is 0 Å². The number of allylic oxidation sites excluding steroid dienone is 1. The highest BCUT2D eigenvalue weighted by Crippen LogP contribution is 2.45. The maximum absolute atomic E-state index is 12.8. The van der Waals surface area contributed by atoms with Gasteiger partial charge in [-0.05, 0) is 116 Å². The second-order valence-corrected chi connectivity index (χ2v) is 17.6. The first-order valence-corrected chi connectivity index (χ1v) is 23.3. The van der Waals surface area contributed by atoms with E-state index in [2.05, 4.69) is 29.0 Å². The summed E-state index contributed by atoms with van der Waals surface area (Å²) in [6.07, 6.45) is 22.4. The number of carbonyl (C=O) groups excluding carboxylic acids is 2. The molecule has 0 saturated carbocycles. The lowest BCUT2D eigenvalue weighted by Gasteiger charge is -2.41. The maximum atomic E-state index is 12.8. The number of hydroxylamine groups is 2. The molecule has 2 amide bonds. The SMILES string of the molecule is C.C.CC.Cc1cnc2c(c1)CCc1cccnc1C2C1CCN(C(=O)CC2=C[NH+]([O-])C=C2)CC1.O=C(Cc1cc[n+]([O-])cc1)N1CCC(C2(O)c3ncccc3CCc3cccnc32)CC1. The van der Waals surface area contributed by atoms with Crippen molar-refractivity contribution in [2.75, 3.05) is 26.2 Å². The smallest absolute Gasteiger partial charge is 0.227 e. The fourth-order valence-corrected chi connectivity index (χ4v) is 10.4. The summed E-state index contributed by atoms with van der Waals surface area (Å²) in [5, 5.41) is 34.8. The van der Waals surface area contributed by atoms with E-state index in [-0.39, 0.29) is 50.0 Å². The Labute approximate surface area is 396 Å². The first kappa shape index (κ1) is 50.3. The number of hydrogen-bond acceptors (Lipinski definition) is 9. The van der Waals surface area contributed by atoms with E-state index >= 15 is 0 Å². The number of aromatic nitrogens is 5. The summed E-state index contributed by atoms with van der Waals surface area (Å²) >= 11 is 0. The highest BCUT2D eigenvalue weighted by molar-refractivity contribution is 5.79. The second-order valence-electron chi connectivity index (χ2n) is 17.6. The van der Waals surface area contributed by atoms with Crippen molar-refractivity contribution < 1.29 is 24.5 Å². The Morgan fingerprint density at radius 1 is 0.746 bits per heavy atom. The molecule has 5 aliphatic rings. The number of amides is 2. The van der Waals surface area contributed by atoms with Crippen molar-refractivity contribution in [2.45, 2.75) is 111 Å². The fraction of sp³-hybridized carbons (Fsp3) is 0.426. The average Bonchev–Trinajstić information content (AvgIpc) is 3.61. The molecule has 0 radical (unpaired) electrons. The third-order valence-corrected chi connectivity index (χ3v) is 13.7. The van der Waals surface area contributed by atoms with Gasteiger partial charge in [0.05, 0.1) is 41.8 Å². The van der Waals surface area contributed by atoms with Crippen molar-refractivity contribution in [3.8, 4) is 0 Å². The molecule has 8 heterocycles. The van der Waals surface area contributed by atoms with Crippen molar-refractivity contribution >= 4 is 11.8 Å². The molecule has 3 aliphatic heterocycles. The Kier molecular flexibility index (Phi) is 16.9. The summed E-state index contributed by atoms with van der Waals surface area (Å²) in [6.45, 7) is 8.74. The van der Waals surface area contributed by atoms with Gasteiger partial charge in [-0.3, -0.25) is 29.5 Å². The number of aryl methyl sites for hydroxylation is 5. The summed E-state index contributed by atoms with van der Waals surface area (Å²) in [7, 11) is 0. The highest BCUT2D eigenvalue weighted by atomic mass is 16.5. The van der Waals surface area contributed by atoms with Crippen molar-refractivity contribution in [1.82, 2.24) is 29.7 Å². The Bertz CT molecular complexity index is 2480. The van der Waals surface area contributed by atoms with Gasteiger partial charge in [-0.25, -0.2) is 0 Å². The van der Waals surface area contributed by atoms with Crippen LogP contribution >= 0.6 is 0 Å². The van der Waals surface area contributed by atoms with Crippen LogP contribution in [0.5, 0.6) is 0 Å². The molecule has 0 bridgehead atoms. The zero-order chi connectivity index (χ0) is 45.5. The molecule has 2 saturated heterocycles. The molecule has 0 spiro atoms. The van der Waals surface area contributed by atoms with Gasteiger partial charge in [-0.2, -0.15) is 4.73 Å². The summed E-state index contributed by atoms with van der Waals surface area (Å²) in [5.41, 5.74) is 10.1. The van der Waals surface area contributed by atoms with E-state index in [4.69, 9.17) is 9.97 Å². The van der Waals surface area contributed by atoms with E-state index in [1.165, 1.54) is 46.7 Å². The molecule has 5 aromatic heterocycles. The summed E-state index contributed by atoms with van der Waals surface area (Å²) < 4.78 is 0.713. The summed E-state index contributed by atoms with van der Waals surface area (Å²) in [6, 6.07) is 17.8. The largest absolute Gasteiger partial charge is 0.624 e. The minimum Gasteiger partial charge on any atom is -0.624 e. The van der Waals surface area contributed by atoms with Crippen molar-refractivity contribution in [1.29, 1.82) is 0 Å². The molecule has 2 aliphatic carbocycles. The van der Waals surface area contributed by atoms with Gasteiger partial charge >= 0.3 is 0 Å². The van der Waals surface area contributed by atoms with Crippen LogP contribution in [0.25, 0.3) is 0 Å². The number of piperidine rings is 2. The van der Waals surface area contributed by atoms with Crippen LogP contribution in [-0.2, 0) is 47.3 Å². The van der Waals surface area contributed by atoms with Crippen LogP contribution in [0.4, 0.5) is 0 Å². The first-order chi connectivity index (χ1) is 31.6. The summed E-state index contributed by atoms with van der Waals surface area (Å²) in [5.74, 6) is 0.666. The number of fused-ring (bicyclic) bond motifs is 4. The Morgan fingerprint density at radius 3 is 1.87 bits per heavy atom.